The highest BCUT2D eigenvalue weighted by molar-refractivity contribution is 7.07. The minimum atomic E-state index is 0.102. The summed E-state index contributed by atoms with van der Waals surface area (Å²) in [6.07, 6.45) is 3.48. The standard InChI is InChI=1S/C11H16N2OS/c1-9-3-2-5-13(6-4-9)11(14)10-7-15-8-12-10/h7-9H,2-6H2,1H3/t9-/m0/s1. The van der Waals surface area contributed by atoms with Crippen molar-refractivity contribution in [2.24, 2.45) is 5.92 Å². The van der Waals surface area contributed by atoms with Crippen LogP contribution in [0.3, 0.4) is 0 Å². The molecule has 0 radical (unpaired) electrons. The molecule has 0 bridgehead atoms. The van der Waals surface area contributed by atoms with Gasteiger partial charge in [0.2, 0.25) is 0 Å². The Kier molecular flexibility index (Phi) is 3.36. The van der Waals surface area contributed by atoms with Crippen molar-refractivity contribution in [1.82, 2.24) is 9.88 Å². The predicted molar refractivity (Wildman–Crippen MR) is 61.0 cm³/mol. The van der Waals surface area contributed by atoms with Crippen molar-refractivity contribution in [1.29, 1.82) is 0 Å². The molecule has 1 amide bonds. The van der Waals surface area contributed by atoms with Gasteiger partial charge < -0.3 is 4.90 Å². The molecule has 0 saturated carbocycles. The average Bonchev–Trinajstić information content (AvgIpc) is 2.67. The van der Waals surface area contributed by atoms with Gasteiger partial charge in [-0.3, -0.25) is 4.79 Å². The van der Waals surface area contributed by atoms with Crippen LogP contribution in [0, 0.1) is 5.92 Å². The number of rotatable bonds is 1. The first-order valence-corrected chi connectivity index (χ1v) is 6.39. The monoisotopic (exact) mass is 224 g/mol. The Balaban J connectivity index is 2.01. The smallest absolute Gasteiger partial charge is 0.273 e. The molecule has 4 heteroatoms. The Morgan fingerprint density at radius 2 is 2.40 bits per heavy atom. The van der Waals surface area contributed by atoms with Gasteiger partial charge in [0.25, 0.3) is 5.91 Å². The second-order valence-corrected chi connectivity index (χ2v) is 4.92. The number of hydrogen-bond acceptors (Lipinski definition) is 3. The second-order valence-electron chi connectivity index (χ2n) is 4.20. The van der Waals surface area contributed by atoms with E-state index >= 15 is 0 Å². The molecule has 1 saturated heterocycles. The summed E-state index contributed by atoms with van der Waals surface area (Å²) in [4.78, 5) is 18.0. The van der Waals surface area contributed by atoms with Crippen molar-refractivity contribution in [3.63, 3.8) is 0 Å². The number of aromatic nitrogens is 1. The number of likely N-dealkylation sites (tertiary alicyclic amines) is 1. The van der Waals surface area contributed by atoms with Crippen molar-refractivity contribution in [2.75, 3.05) is 13.1 Å². The van der Waals surface area contributed by atoms with Crippen LogP contribution < -0.4 is 0 Å². The van der Waals surface area contributed by atoms with Crippen molar-refractivity contribution >= 4 is 17.2 Å². The molecule has 15 heavy (non-hydrogen) atoms. The molecule has 2 heterocycles. The molecule has 0 spiro atoms. The maximum Gasteiger partial charge on any atom is 0.273 e. The third-order valence-corrected chi connectivity index (χ3v) is 3.54. The van der Waals surface area contributed by atoms with Crippen molar-refractivity contribution in [3.8, 4) is 0 Å². The van der Waals surface area contributed by atoms with E-state index in [0.717, 1.165) is 31.8 Å². The fraction of sp³-hybridized carbons (Fsp3) is 0.636. The summed E-state index contributed by atoms with van der Waals surface area (Å²) in [7, 11) is 0. The fourth-order valence-electron chi connectivity index (χ4n) is 1.95. The third-order valence-electron chi connectivity index (χ3n) is 2.96. The number of hydrogen-bond donors (Lipinski definition) is 0. The van der Waals surface area contributed by atoms with Crippen LogP contribution in [0.5, 0.6) is 0 Å². The predicted octanol–water partition coefficient (Wildman–Crippen LogP) is 2.41. The summed E-state index contributed by atoms with van der Waals surface area (Å²) in [6, 6.07) is 0. The molecule has 0 aliphatic carbocycles. The van der Waals surface area contributed by atoms with Gasteiger partial charge in [0.05, 0.1) is 5.51 Å². The van der Waals surface area contributed by atoms with E-state index in [1.54, 1.807) is 5.51 Å². The van der Waals surface area contributed by atoms with Gasteiger partial charge in [0.1, 0.15) is 5.69 Å². The zero-order chi connectivity index (χ0) is 10.7. The van der Waals surface area contributed by atoms with E-state index in [-0.39, 0.29) is 5.91 Å². The maximum atomic E-state index is 12.0. The lowest BCUT2D eigenvalue weighted by Crippen LogP contribution is -2.32. The molecule has 1 aromatic heterocycles. The van der Waals surface area contributed by atoms with Crippen LogP contribution >= 0.6 is 11.3 Å². The quantitative estimate of drug-likeness (QED) is 0.734. The van der Waals surface area contributed by atoms with E-state index < -0.39 is 0 Å². The summed E-state index contributed by atoms with van der Waals surface area (Å²) in [5.41, 5.74) is 2.32. The van der Waals surface area contributed by atoms with E-state index in [9.17, 15) is 4.79 Å². The molecule has 0 N–H and O–H groups in total. The fourth-order valence-corrected chi connectivity index (χ4v) is 2.47. The van der Waals surface area contributed by atoms with E-state index in [2.05, 4.69) is 11.9 Å². The SMILES string of the molecule is C[C@H]1CCCN(C(=O)c2cscn2)CC1. The average molecular weight is 224 g/mol. The maximum absolute atomic E-state index is 12.0. The summed E-state index contributed by atoms with van der Waals surface area (Å²) in [5.74, 6) is 0.851. The van der Waals surface area contributed by atoms with Crippen molar-refractivity contribution in [3.05, 3.63) is 16.6 Å². The van der Waals surface area contributed by atoms with Crippen LogP contribution in [0.15, 0.2) is 10.9 Å². The number of amides is 1. The Hall–Kier alpha value is -0.900. The van der Waals surface area contributed by atoms with Gasteiger partial charge in [0.15, 0.2) is 0 Å². The molecule has 0 aromatic carbocycles. The van der Waals surface area contributed by atoms with Crippen molar-refractivity contribution in [2.45, 2.75) is 26.2 Å². The first kappa shape index (κ1) is 10.6. The number of thiazole rings is 1. The lowest BCUT2D eigenvalue weighted by Gasteiger charge is -2.19. The summed E-state index contributed by atoms with van der Waals surface area (Å²) < 4.78 is 0. The Morgan fingerprint density at radius 3 is 3.13 bits per heavy atom. The Bertz CT molecular complexity index is 323. The van der Waals surface area contributed by atoms with Crippen molar-refractivity contribution < 1.29 is 4.79 Å². The zero-order valence-corrected chi connectivity index (χ0v) is 9.80. The van der Waals surface area contributed by atoms with Crippen LogP contribution in [0.4, 0.5) is 0 Å². The molecular weight excluding hydrogens is 208 g/mol. The molecule has 0 unspecified atom stereocenters. The minimum Gasteiger partial charge on any atom is -0.337 e. The lowest BCUT2D eigenvalue weighted by molar-refractivity contribution is 0.0755. The Morgan fingerprint density at radius 1 is 1.53 bits per heavy atom. The molecule has 2 rings (SSSR count). The molecule has 3 nitrogen and oxygen atoms in total. The van der Waals surface area contributed by atoms with Gasteiger partial charge >= 0.3 is 0 Å². The van der Waals surface area contributed by atoms with E-state index in [1.807, 2.05) is 10.3 Å². The molecular formula is C11H16N2OS. The minimum absolute atomic E-state index is 0.102. The van der Waals surface area contributed by atoms with E-state index in [0.29, 0.717) is 5.69 Å². The topological polar surface area (TPSA) is 33.2 Å². The normalized spacial score (nSPS) is 22.5. The van der Waals surface area contributed by atoms with Crippen LogP contribution in [0.1, 0.15) is 36.7 Å². The number of carbonyl (C=O) groups excluding carboxylic acids is 1. The van der Waals surface area contributed by atoms with Crippen LogP contribution in [0.25, 0.3) is 0 Å². The largest absolute Gasteiger partial charge is 0.337 e. The van der Waals surface area contributed by atoms with Gasteiger partial charge in [-0.05, 0) is 25.2 Å². The molecule has 1 fully saturated rings. The first-order chi connectivity index (χ1) is 7.27. The van der Waals surface area contributed by atoms with E-state index in [1.165, 1.54) is 17.8 Å². The number of carbonyl (C=O) groups is 1. The number of nitrogens with zero attached hydrogens (tertiary/aromatic N) is 2. The van der Waals surface area contributed by atoms with Crippen LogP contribution in [-0.2, 0) is 0 Å². The van der Waals surface area contributed by atoms with Gasteiger partial charge in [-0.2, -0.15) is 0 Å². The summed E-state index contributed by atoms with van der Waals surface area (Å²) in [5, 5.41) is 1.83. The van der Waals surface area contributed by atoms with Crippen LogP contribution in [0.2, 0.25) is 0 Å². The zero-order valence-electron chi connectivity index (χ0n) is 8.98. The highest BCUT2D eigenvalue weighted by Gasteiger charge is 2.20. The molecule has 82 valence electrons. The second kappa shape index (κ2) is 4.75. The molecule has 1 atom stereocenters. The van der Waals surface area contributed by atoms with Gasteiger partial charge in [0, 0.05) is 18.5 Å². The Labute approximate surface area is 94.1 Å². The highest BCUT2D eigenvalue weighted by atomic mass is 32.1. The lowest BCUT2D eigenvalue weighted by atomic mass is 10.0. The van der Waals surface area contributed by atoms with E-state index in [4.69, 9.17) is 0 Å². The summed E-state index contributed by atoms with van der Waals surface area (Å²) >= 11 is 1.48. The van der Waals surface area contributed by atoms with Gasteiger partial charge in [-0.15, -0.1) is 11.3 Å². The third kappa shape index (κ3) is 2.56. The van der Waals surface area contributed by atoms with Gasteiger partial charge in [-0.25, -0.2) is 4.98 Å². The molecule has 1 aromatic rings. The molecule has 1 aliphatic rings. The highest BCUT2D eigenvalue weighted by Crippen LogP contribution is 2.18. The summed E-state index contributed by atoms with van der Waals surface area (Å²) in [6.45, 7) is 4.04. The first-order valence-electron chi connectivity index (χ1n) is 5.45. The molecule has 1 aliphatic heterocycles. The van der Waals surface area contributed by atoms with Gasteiger partial charge in [-0.1, -0.05) is 6.92 Å². The van der Waals surface area contributed by atoms with Crippen LogP contribution in [-0.4, -0.2) is 28.9 Å².